The van der Waals surface area contributed by atoms with E-state index in [4.69, 9.17) is 4.74 Å². The molecule has 1 N–H and O–H groups in total. The quantitative estimate of drug-likeness (QED) is 0.641. The van der Waals surface area contributed by atoms with E-state index in [-0.39, 0.29) is 30.4 Å². The van der Waals surface area contributed by atoms with Gasteiger partial charge < -0.3 is 19.9 Å². The molecule has 8 nitrogen and oxygen atoms in total. The Hall–Kier alpha value is -3.64. The van der Waals surface area contributed by atoms with E-state index < -0.39 is 18.2 Å². The number of carbonyl (C=O) groups excluding carboxylic acids is 2. The molecule has 4 atom stereocenters. The molecule has 2 amide bonds. The van der Waals surface area contributed by atoms with Gasteiger partial charge in [0.2, 0.25) is 5.91 Å². The van der Waals surface area contributed by atoms with Gasteiger partial charge in [-0.05, 0) is 43.0 Å². The van der Waals surface area contributed by atoms with Crippen molar-refractivity contribution < 1.29 is 18.7 Å². The van der Waals surface area contributed by atoms with Gasteiger partial charge in [-0.25, -0.2) is 9.18 Å². The van der Waals surface area contributed by atoms with Gasteiger partial charge in [-0.15, -0.1) is 0 Å². The fourth-order valence-corrected chi connectivity index (χ4v) is 5.64. The first-order valence-electron chi connectivity index (χ1n) is 12.5. The molecule has 5 rings (SSSR count). The Morgan fingerprint density at radius 1 is 1.14 bits per heavy atom. The molecule has 0 saturated carbocycles. The molecule has 0 spiro atoms. The third kappa shape index (κ3) is 5.14. The monoisotopic (exact) mass is 491 g/mol. The smallest absolute Gasteiger partial charge is 0.408 e. The van der Waals surface area contributed by atoms with Crippen molar-refractivity contribution in [1.29, 1.82) is 5.26 Å². The Balaban J connectivity index is 1.25. The van der Waals surface area contributed by atoms with E-state index in [0.29, 0.717) is 26.1 Å². The number of benzene rings is 2. The molecule has 0 aromatic heterocycles. The molecule has 0 aliphatic carbocycles. The molecule has 0 radical (unpaired) electrons. The second-order valence-corrected chi connectivity index (χ2v) is 9.71. The molecule has 3 fully saturated rings. The van der Waals surface area contributed by atoms with Crippen LogP contribution in [0.25, 0.3) is 0 Å². The largest absolute Gasteiger partial charge is 0.445 e. The summed E-state index contributed by atoms with van der Waals surface area (Å²) >= 11 is 0. The highest BCUT2D eigenvalue weighted by molar-refractivity contribution is 5.86. The number of hydrogen-bond acceptors (Lipinski definition) is 6. The van der Waals surface area contributed by atoms with Crippen molar-refractivity contribution in [2.24, 2.45) is 0 Å². The molecule has 3 heterocycles. The van der Waals surface area contributed by atoms with Crippen LogP contribution >= 0.6 is 0 Å². The molecule has 3 saturated heterocycles. The second-order valence-electron chi connectivity index (χ2n) is 9.71. The van der Waals surface area contributed by atoms with Crippen LogP contribution < -0.4 is 10.2 Å². The van der Waals surface area contributed by atoms with Crippen LogP contribution in [0, 0.1) is 17.1 Å². The maximum Gasteiger partial charge on any atom is 0.408 e. The predicted molar refractivity (Wildman–Crippen MR) is 131 cm³/mol. The van der Waals surface area contributed by atoms with Gasteiger partial charge in [0.1, 0.15) is 24.5 Å². The van der Waals surface area contributed by atoms with E-state index in [2.05, 4.69) is 21.2 Å². The van der Waals surface area contributed by atoms with Gasteiger partial charge in [0.15, 0.2) is 0 Å². The molecular weight excluding hydrogens is 461 g/mol. The highest BCUT2D eigenvalue weighted by atomic mass is 19.1. The molecule has 2 aromatic rings. The molecule has 3 aliphatic rings. The lowest BCUT2D eigenvalue weighted by molar-refractivity contribution is -0.133. The summed E-state index contributed by atoms with van der Waals surface area (Å²) in [5, 5.41) is 12.3. The normalized spacial score (nSPS) is 23.9. The van der Waals surface area contributed by atoms with Crippen LogP contribution in [0.2, 0.25) is 0 Å². The second kappa shape index (κ2) is 10.5. The van der Waals surface area contributed by atoms with Gasteiger partial charge in [0.05, 0.1) is 6.07 Å². The maximum absolute atomic E-state index is 13.7. The molecular formula is C27H30FN5O3. The molecule has 3 aliphatic heterocycles. The topological polar surface area (TPSA) is 88.9 Å². The van der Waals surface area contributed by atoms with Crippen LogP contribution in [-0.2, 0) is 16.1 Å². The van der Waals surface area contributed by atoms with Gasteiger partial charge in [-0.1, -0.05) is 36.4 Å². The Morgan fingerprint density at radius 2 is 1.97 bits per heavy atom. The van der Waals surface area contributed by atoms with Crippen molar-refractivity contribution in [3.05, 3.63) is 66.0 Å². The fourth-order valence-electron chi connectivity index (χ4n) is 5.64. The summed E-state index contributed by atoms with van der Waals surface area (Å²) in [6, 6.07) is 17.3. The zero-order valence-electron chi connectivity index (χ0n) is 20.1. The number of amides is 2. The van der Waals surface area contributed by atoms with Crippen LogP contribution in [0.4, 0.5) is 14.9 Å². The number of fused-ring (bicyclic) bond motifs is 2. The number of alkyl carbamates (subject to hydrolysis) is 1. The SMILES string of the molecule is N#C[C@@H]1CCCN1C(=O)[C@H](CN1C[C@H]2C[C@@H]1CN2c1cccc(F)c1)NC(=O)OCc1ccccc1. The van der Waals surface area contributed by atoms with Gasteiger partial charge in [-0.2, -0.15) is 5.26 Å². The average Bonchev–Trinajstić information content (AvgIpc) is 3.63. The molecule has 188 valence electrons. The summed E-state index contributed by atoms with van der Waals surface area (Å²) in [5.41, 5.74) is 1.72. The summed E-state index contributed by atoms with van der Waals surface area (Å²) in [7, 11) is 0. The summed E-state index contributed by atoms with van der Waals surface area (Å²) in [6.45, 7) is 2.40. The highest BCUT2D eigenvalue weighted by Gasteiger charge is 2.45. The number of rotatable bonds is 7. The zero-order valence-corrected chi connectivity index (χ0v) is 20.1. The standard InChI is InChI=1S/C27H30FN5O3/c28-20-8-4-9-21(12-20)33-16-23-13-24(33)15-31(23)17-25(26(34)32-11-5-10-22(32)14-29)30-27(35)36-18-19-6-2-1-3-7-19/h1-4,6-9,12,22-25H,5,10-11,13,15-18H2,(H,30,35)/t22-,23+,24+,25-/m0/s1. The maximum atomic E-state index is 13.7. The molecule has 36 heavy (non-hydrogen) atoms. The number of halogens is 1. The number of nitrogens with zero attached hydrogens (tertiary/aromatic N) is 4. The van der Waals surface area contributed by atoms with E-state index in [1.807, 2.05) is 36.4 Å². The van der Waals surface area contributed by atoms with Crippen LogP contribution in [0.1, 0.15) is 24.8 Å². The number of anilines is 1. The van der Waals surface area contributed by atoms with Crippen molar-refractivity contribution in [2.45, 2.75) is 50.0 Å². The van der Waals surface area contributed by atoms with Crippen molar-refractivity contribution in [3.8, 4) is 6.07 Å². The number of likely N-dealkylation sites (tertiary alicyclic amines) is 2. The Morgan fingerprint density at radius 3 is 2.69 bits per heavy atom. The van der Waals surface area contributed by atoms with Gasteiger partial charge >= 0.3 is 6.09 Å². The summed E-state index contributed by atoms with van der Waals surface area (Å²) in [4.78, 5) is 32.2. The Kier molecular flexibility index (Phi) is 7.05. The zero-order chi connectivity index (χ0) is 25.1. The van der Waals surface area contributed by atoms with Crippen molar-refractivity contribution in [2.75, 3.05) is 31.1 Å². The number of piperazine rings is 1. The Labute approximate surface area is 210 Å². The molecule has 2 aromatic carbocycles. The molecule has 9 heteroatoms. The summed E-state index contributed by atoms with van der Waals surface area (Å²) in [6.07, 6.45) is 1.67. The van der Waals surface area contributed by atoms with Gasteiger partial charge in [0.25, 0.3) is 0 Å². The van der Waals surface area contributed by atoms with E-state index in [1.54, 1.807) is 17.0 Å². The third-order valence-electron chi connectivity index (χ3n) is 7.40. The van der Waals surface area contributed by atoms with Gasteiger partial charge in [0, 0.05) is 44.0 Å². The minimum absolute atomic E-state index is 0.106. The van der Waals surface area contributed by atoms with Crippen molar-refractivity contribution >= 4 is 17.7 Å². The Bertz CT molecular complexity index is 1140. The molecule has 0 unspecified atom stereocenters. The lowest BCUT2D eigenvalue weighted by Gasteiger charge is -2.37. The van der Waals surface area contributed by atoms with E-state index in [1.165, 1.54) is 6.07 Å². The number of carbonyl (C=O) groups is 2. The highest BCUT2D eigenvalue weighted by Crippen LogP contribution is 2.35. The van der Waals surface area contributed by atoms with Crippen LogP contribution in [0.15, 0.2) is 54.6 Å². The number of nitriles is 1. The van der Waals surface area contributed by atoms with Crippen LogP contribution in [0.5, 0.6) is 0 Å². The first-order chi connectivity index (χ1) is 17.5. The van der Waals surface area contributed by atoms with Crippen LogP contribution in [0.3, 0.4) is 0 Å². The first kappa shape index (κ1) is 24.1. The van der Waals surface area contributed by atoms with E-state index in [9.17, 15) is 19.2 Å². The predicted octanol–water partition coefficient (Wildman–Crippen LogP) is 2.90. The van der Waals surface area contributed by atoms with Crippen molar-refractivity contribution in [3.63, 3.8) is 0 Å². The number of hydrogen-bond donors (Lipinski definition) is 1. The number of nitrogens with one attached hydrogen (secondary N) is 1. The fraction of sp³-hybridized carbons (Fsp3) is 0.444. The van der Waals surface area contributed by atoms with Crippen LogP contribution in [-0.4, -0.2) is 72.1 Å². The summed E-state index contributed by atoms with van der Waals surface area (Å²) < 4.78 is 19.1. The van der Waals surface area contributed by atoms with Gasteiger partial charge in [-0.3, -0.25) is 9.69 Å². The summed E-state index contributed by atoms with van der Waals surface area (Å²) in [5.74, 6) is -0.505. The van der Waals surface area contributed by atoms with Crippen molar-refractivity contribution in [1.82, 2.24) is 15.1 Å². The minimum atomic E-state index is -0.816. The van der Waals surface area contributed by atoms with E-state index in [0.717, 1.165) is 30.6 Å². The molecule has 2 bridgehead atoms. The lowest BCUT2D eigenvalue weighted by Crippen LogP contribution is -2.57. The number of ether oxygens (including phenoxy) is 1. The third-order valence-corrected chi connectivity index (χ3v) is 7.40. The lowest BCUT2D eigenvalue weighted by atomic mass is 10.1. The minimum Gasteiger partial charge on any atom is -0.445 e. The average molecular weight is 492 g/mol. The van der Waals surface area contributed by atoms with E-state index >= 15 is 0 Å². The first-order valence-corrected chi connectivity index (χ1v) is 12.5.